The van der Waals surface area contributed by atoms with Crippen LogP contribution in [-0.4, -0.2) is 49.0 Å². The summed E-state index contributed by atoms with van der Waals surface area (Å²) in [4.78, 5) is 17.6. The highest BCUT2D eigenvalue weighted by Gasteiger charge is 2.25. The van der Waals surface area contributed by atoms with Gasteiger partial charge in [0, 0.05) is 45.1 Å². The minimum atomic E-state index is 0.0900. The molecule has 0 unspecified atom stereocenters. The number of benzene rings is 3. The monoisotopic (exact) mass is 414 g/mol. The van der Waals surface area contributed by atoms with Gasteiger partial charge < -0.3 is 9.64 Å². The average molecular weight is 415 g/mol. The van der Waals surface area contributed by atoms with E-state index in [1.54, 1.807) is 7.11 Å². The normalized spacial score (nSPS) is 14.6. The summed E-state index contributed by atoms with van der Waals surface area (Å²) in [7, 11) is 1.69. The zero-order valence-corrected chi connectivity index (χ0v) is 18.1. The fourth-order valence-corrected chi connectivity index (χ4v) is 4.25. The molecule has 1 fully saturated rings. The molecule has 4 heteroatoms. The van der Waals surface area contributed by atoms with Crippen LogP contribution in [0.5, 0.6) is 5.75 Å². The highest BCUT2D eigenvalue weighted by molar-refractivity contribution is 5.78. The molecule has 1 heterocycles. The number of methoxy groups -OCH3 is 1. The first-order chi connectivity index (χ1) is 15.2. The van der Waals surface area contributed by atoms with Crippen LogP contribution in [0, 0.1) is 0 Å². The van der Waals surface area contributed by atoms with Gasteiger partial charge in [0.2, 0.25) is 5.91 Å². The number of carbonyl (C=O) groups is 1. The molecule has 1 amide bonds. The van der Waals surface area contributed by atoms with Crippen LogP contribution >= 0.6 is 0 Å². The van der Waals surface area contributed by atoms with Crippen LogP contribution in [0.1, 0.15) is 29.0 Å². The van der Waals surface area contributed by atoms with Crippen LogP contribution in [0.25, 0.3) is 0 Å². The maximum absolute atomic E-state index is 13.2. The predicted molar refractivity (Wildman–Crippen MR) is 124 cm³/mol. The van der Waals surface area contributed by atoms with Crippen molar-refractivity contribution in [2.24, 2.45) is 0 Å². The molecule has 0 spiro atoms. The average Bonchev–Trinajstić information content (AvgIpc) is 2.84. The molecule has 4 nitrogen and oxygen atoms in total. The molecule has 0 atom stereocenters. The van der Waals surface area contributed by atoms with Gasteiger partial charge in [-0.1, -0.05) is 72.8 Å². The SMILES string of the molecule is COc1ccc(CN2CCN(C(=O)CC(c3ccccc3)c3ccccc3)CC2)cc1. The van der Waals surface area contributed by atoms with Crippen molar-refractivity contribution in [3.8, 4) is 5.75 Å². The lowest BCUT2D eigenvalue weighted by Crippen LogP contribution is -2.48. The van der Waals surface area contributed by atoms with E-state index in [9.17, 15) is 4.79 Å². The zero-order valence-electron chi connectivity index (χ0n) is 18.1. The number of carbonyl (C=O) groups excluding carboxylic acids is 1. The smallest absolute Gasteiger partial charge is 0.223 e. The summed E-state index contributed by atoms with van der Waals surface area (Å²) in [6, 6.07) is 29.0. The standard InChI is InChI=1S/C27H30N2O2/c1-31-25-14-12-22(13-15-25)21-28-16-18-29(19-17-28)27(30)20-26(23-8-4-2-5-9-23)24-10-6-3-7-11-24/h2-15,26H,16-21H2,1H3. The van der Waals surface area contributed by atoms with Gasteiger partial charge in [0.15, 0.2) is 0 Å². The van der Waals surface area contributed by atoms with Crippen molar-refractivity contribution in [1.82, 2.24) is 9.80 Å². The van der Waals surface area contributed by atoms with Gasteiger partial charge in [-0.2, -0.15) is 0 Å². The summed E-state index contributed by atoms with van der Waals surface area (Å²) in [5.74, 6) is 1.21. The van der Waals surface area contributed by atoms with Crippen molar-refractivity contribution in [1.29, 1.82) is 0 Å². The van der Waals surface area contributed by atoms with Gasteiger partial charge in [-0.05, 0) is 28.8 Å². The number of hydrogen-bond donors (Lipinski definition) is 0. The van der Waals surface area contributed by atoms with E-state index >= 15 is 0 Å². The second-order valence-corrected chi connectivity index (χ2v) is 8.08. The quantitative estimate of drug-likeness (QED) is 0.568. The summed E-state index contributed by atoms with van der Waals surface area (Å²) >= 11 is 0. The van der Waals surface area contributed by atoms with Gasteiger partial charge in [0.05, 0.1) is 7.11 Å². The van der Waals surface area contributed by atoms with Crippen molar-refractivity contribution in [2.75, 3.05) is 33.3 Å². The van der Waals surface area contributed by atoms with Crippen LogP contribution in [0.3, 0.4) is 0 Å². The summed E-state index contributed by atoms with van der Waals surface area (Å²) in [5.41, 5.74) is 3.66. The van der Waals surface area contributed by atoms with Gasteiger partial charge in [-0.3, -0.25) is 9.69 Å². The third-order valence-electron chi connectivity index (χ3n) is 6.07. The molecule has 3 aromatic carbocycles. The Morgan fingerprint density at radius 3 is 1.87 bits per heavy atom. The van der Waals surface area contributed by atoms with Crippen LogP contribution in [-0.2, 0) is 11.3 Å². The Bertz CT molecular complexity index is 910. The molecule has 4 rings (SSSR count). The first kappa shape index (κ1) is 21.1. The fraction of sp³-hybridized carbons (Fsp3) is 0.296. The van der Waals surface area contributed by atoms with Crippen molar-refractivity contribution < 1.29 is 9.53 Å². The van der Waals surface area contributed by atoms with Gasteiger partial charge in [0.25, 0.3) is 0 Å². The van der Waals surface area contributed by atoms with Gasteiger partial charge >= 0.3 is 0 Å². The molecule has 0 radical (unpaired) electrons. The van der Waals surface area contributed by atoms with Crippen LogP contribution < -0.4 is 4.74 Å². The van der Waals surface area contributed by atoms with Gasteiger partial charge in [-0.25, -0.2) is 0 Å². The fourth-order valence-electron chi connectivity index (χ4n) is 4.25. The van der Waals surface area contributed by atoms with E-state index in [1.165, 1.54) is 16.7 Å². The topological polar surface area (TPSA) is 32.8 Å². The number of piperazine rings is 1. The maximum atomic E-state index is 13.2. The Balaban J connectivity index is 1.36. The molecule has 0 aromatic heterocycles. The molecular formula is C27H30N2O2. The second kappa shape index (κ2) is 10.3. The Morgan fingerprint density at radius 1 is 0.806 bits per heavy atom. The minimum Gasteiger partial charge on any atom is -0.497 e. The Morgan fingerprint density at radius 2 is 1.35 bits per heavy atom. The minimum absolute atomic E-state index is 0.0900. The molecule has 0 aliphatic carbocycles. The lowest BCUT2D eigenvalue weighted by molar-refractivity contribution is -0.133. The zero-order chi connectivity index (χ0) is 21.5. The Labute approximate surface area is 185 Å². The van der Waals surface area contributed by atoms with Crippen molar-refractivity contribution >= 4 is 5.91 Å². The van der Waals surface area contributed by atoms with E-state index in [4.69, 9.17) is 4.74 Å². The third-order valence-corrected chi connectivity index (χ3v) is 6.07. The Kier molecular flexibility index (Phi) is 7.00. The first-order valence-electron chi connectivity index (χ1n) is 11.0. The van der Waals surface area contributed by atoms with E-state index in [0.717, 1.165) is 38.5 Å². The lowest BCUT2D eigenvalue weighted by atomic mass is 9.88. The van der Waals surface area contributed by atoms with E-state index in [-0.39, 0.29) is 11.8 Å². The molecular weight excluding hydrogens is 384 g/mol. The molecule has 160 valence electrons. The molecule has 0 bridgehead atoms. The largest absolute Gasteiger partial charge is 0.497 e. The highest BCUT2D eigenvalue weighted by Crippen LogP contribution is 2.29. The van der Waals surface area contributed by atoms with Gasteiger partial charge in [-0.15, -0.1) is 0 Å². The van der Waals surface area contributed by atoms with Crippen molar-refractivity contribution in [3.63, 3.8) is 0 Å². The summed E-state index contributed by atoms with van der Waals surface area (Å²) in [6.07, 6.45) is 0.506. The Hall–Kier alpha value is -3.11. The number of amides is 1. The lowest BCUT2D eigenvalue weighted by Gasteiger charge is -2.35. The van der Waals surface area contributed by atoms with Gasteiger partial charge in [0.1, 0.15) is 5.75 Å². The molecule has 1 aliphatic heterocycles. The van der Waals surface area contributed by atoms with E-state index in [2.05, 4.69) is 41.3 Å². The molecule has 0 N–H and O–H groups in total. The van der Waals surface area contributed by atoms with Crippen LogP contribution in [0.15, 0.2) is 84.9 Å². The van der Waals surface area contributed by atoms with Crippen molar-refractivity contribution in [3.05, 3.63) is 102 Å². The summed E-state index contributed by atoms with van der Waals surface area (Å²) in [6.45, 7) is 4.28. The molecule has 31 heavy (non-hydrogen) atoms. The maximum Gasteiger partial charge on any atom is 0.223 e. The predicted octanol–water partition coefficient (Wildman–Crippen LogP) is 4.56. The van der Waals surface area contributed by atoms with Crippen LogP contribution in [0.2, 0.25) is 0 Å². The molecule has 1 aliphatic rings. The van der Waals surface area contributed by atoms with E-state index in [1.807, 2.05) is 53.4 Å². The third kappa shape index (κ3) is 5.53. The number of ether oxygens (including phenoxy) is 1. The number of nitrogens with zero attached hydrogens (tertiary/aromatic N) is 2. The summed E-state index contributed by atoms with van der Waals surface area (Å²) < 4.78 is 5.24. The second-order valence-electron chi connectivity index (χ2n) is 8.08. The molecule has 1 saturated heterocycles. The van der Waals surface area contributed by atoms with E-state index < -0.39 is 0 Å². The molecule has 3 aromatic rings. The number of hydrogen-bond acceptors (Lipinski definition) is 3. The van der Waals surface area contributed by atoms with Crippen LogP contribution in [0.4, 0.5) is 0 Å². The summed E-state index contributed by atoms with van der Waals surface area (Å²) in [5, 5.41) is 0. The van der Waals surface area contributed by atoms with E-state index in [0.29, 0.717) is 6.42 Å². The van der Waals surface area contributed by atoms with Crippen molar-refractivity contribution in [2.45, 2.75) is 18.9 Å². The number of rotatable bonds is 7. The highest BCUT2D eigenvalue weighted by atomic mass is 16.5. The first-order valence-corrected chi connectivity index (χ1v) is 11.0. The molecule has 0 saturated carbocycles.